The van der Waals surface area contributed by atoms with Crippen LogP contribution < -0.4 is 9.62 Å². The average molecular weight is 368 g/mol. The molecule has 0 radical (unpaired) electrons. The molecule has 0 aliphatic rings. The van der Waals surface area contributed by atoms with E-state index in [1.807, 2.05) is 6.92 Å². The highest BCUT2D eigenvalue weighted by Gasteiger charge is 2.22. The fraction of sp³-hybridized carbons (Fsp3) is 0.235. The third kappa shape index (κ3) is 4.76. The van der Waals surface area contributed by atoms with Crippen LogP contribution in [0.25, 0.3) is 0 Å². The molecule has 0 spiro atoms. The van der Waals surface area contributed by atoms with Crippen LogP contribution >= 0.6 is 0 Å². The Morgan fingerprint density at radius 2 is 1.76 bits per heavy atom. The number of sulfonamides is 1. The minimum atomic E-state index is -3.72. The third-order valence-electron chi connectivity index (χ3n) is 3.51. The van der Waals surface area contributed by atoms with Crippen molar-refractivity contribution < 1.29 is 22.0 Å². The van der Waals surface area contributed by atoms with E-state index in [1.165, 1.54) is 6.07 Å². The molecule has 8 heteroatoms. The first-order valence-electron chi connectivity index (χ1n) is 7.38. The average Bonchev–Trinajstić information content (AvgIpc) is 2.48. The van der Waals surface area contributed by atoms with Crippen LogP contribution in [0.1, 0.15) is 11.1 Å². The molecule has 1 N–H and O–H groups in total. The van der Waals surface area contributed by atoms with E-state index in [1.54, 1.807) is 25.1 Å². The summed E-state index contributed by atoms with van der Waals surface area (Å²) in [7, 11) is -3.72. The van der Waals surface area contributed by atoms with E-state index in [4.69, 9.17) is 0 Å². The number of carbonyl (C=O) groups is 1. The molecule has 0 atom stereocenters. The summed E-state index contributed by atoms with van der Waals surface area (Å²) in [6, 6.07) is 8.07. The van der Waals surface area contributed by atoms with E-state index < -0.39 is 34.1 Å². The van der Waals surface area contributed by atoms with Gasteiger partial charge >= 0.3 is 0 Å². The largest absolute Gasteiger partial charge is 0.324 e. The summed E-state index contributed by atoms with van der Waals surface area (Å²) in [6.07, 6.45) is 0.997. The Kier molecular flexibility index (Phi) is 5.42. The van der Waals surface area contributed by atoms with Gasteiger partial charge in [0.15, 0.2) is 11.6 Å². The summed E-state index contributed by atoms with van der Waals surface area (Å²) >= 11 is 0. The van der Waals surface area contributed by atoms with Crippen LogP contribution in [0.15, 0.2) is 36.4 Å². The number of carbonyl (C=O) groups excluding carboxylic acids is 1. The minimum absolute atomic E-state index is 0.0398. The Labute approximate surface area is 145 Å². The molecular formula is C17H18F2N2O3S. The molecule has 0 aliphatic heterocycles. The van der Waals surface area contributed by atoms with E-state index in [9.17, 15) is 22.0 Å². The molecule has 25 heavy (non-hydrogen) atoms. The molecule has 0 saturated carbocycles. The monoisotopic (exact) mass is 368 g/mol. The van der Waals surface area contributed by atoms with Gasteiger partial charge in [-0.05, 0) is 37.6 Å². The Morgan fingerprint density at radius 1 is 1.08 bits per heavy atom. The highest BCUT2D eigenvalue weighted by molar-refractivity contribution is 7.92. The highest BCUT2D eigenvalue weighted by atomic mass is 32.2. The number of aryl methyl sites for hydroxylation is 2. The van der Waals surface area contributed by atoms with Crippen LogP contribution in [0.5, 0.6) is 0 Å². The van der Waals surface area contributed by atoms with E-state index in [0.29, 0.717) is 11.3 Å². The Balaban J connectivity index is 2.25. The molecule has 0 aromatic heterocycles. The van der Waals surface area contributed by atoms with Gasteiger partial charge in [-0.2, -0.15) is 0 Å². The van der Waals surface area contributed by atoms with Crippen molar-refractivity contribution in [1.29, 1.82) is 0 Å². The Hall–Kier alpha value is -2.48. The number of halogens is 2. The van der Waals surface area contributed by atoms with Gasteiger partial charge in [-0.3, -0.25) is 9.10 Å². The van der Waals surface area contributed by atoms with Crippen LogP contribution in [0.3, 0.4) is 0 Å². The second-order valence-electron chi connectivity index (χ2n) is 5.74. The van der Waals surface area contributed by atoms with Gasteiger partial charge in [-0.25, -0.2) is 17.2 Å². The maximum absolute atomic E-state index is 13.2. The van der Waals surface area contributed by atoms with Crippen LogP contribution in [-0.4, -0.2) is 27.1 Å². The first kappa shape index (κ1) is 18.9. The van der Waals surface area contributed by atoms with Gasteiger partial charge in [0.05, 0.1) is 11.9 Å². The molecule has 1 amide bonds. The Morgan fingerprint density at radius 3 is 2.32 bits per heavy atom. The number of amides is 1. The first-order chi connectivity index (χ1) is 11.6. The van der Waals surface area contributed by atoms with Crippen molar-refractivity contribution in [3.05, 3.63) is 59.2 Å². The molecule has 0 aliphatic carbocycles. The third-order valence-corrected chi connectivity index (χ3v) is 4.64. The van der Waals surface area contributed by atoms with E-state index in [0.717, 1.165) is 28.3 Å². The van der Waals surface area contributed by atoms with Gasteiger partial charge in [0, 0.05) is 11.8 Å². The second-order valence-corrected chi connectivity index (χ2v) is 7.64. The zero-order valence-electron chi connectivity index (χ0n) is 14.0. The molecule has 5 nitrogen and oxygen atoms in total. The van der Waals surface area contributed by atoms with Crippen LogP contribution in [0.2, 0.25) is 0 Å². The van der Waals surface area contributed by atoms with Crippen molar-refractivity contribution in [3.63, 3.8) is 0 Å². The lowest BCUT2D eigenvalue weighted by molar-refractivity contribution is -0.114. The normalized spacial score (nSPS) is 11.2. The zero-order valence-corrected chi connectivity index (χ0v) is 14.8. The fourth-order valence-corrected chi connectivity index (χ4v) is 3.29. The van der Waals surface area contributed by atoms with Crippen molar-refractivity contribution in [2.45, 2.75) is 13.8 Å². The molecule has 0 fully saturated rings. The Bertz CT molecular complexity index is 914. The summed E-state index contributed by atoms with van der Waals surface area (Å²) in [5.41, 5.74) is 2.08. The first-order valence-corrected chi connectivity index (χ1v) is 9.22. The SMILES string of the molecule is Cc1ccc(N(CC(=O)Nc2ccc(F)c(F)c2)S(C)(=O)=O)c(C)c1. The lowest BCUT2D eigenvalue weighted by Gasteiger charge is -2.24. The number of hydrogen-bond donors (Lipinski definition) is 1. The molecule has 2 aromatic carbocycles. The maximum Gasteiger partial charge on any atom is 0.245 e. The number of rotatable bonds is 5. The van der Waals surface area contributed by atoms with E-state index >= 15 is 0 Å². The number of hydrogen-bond acceptors (Lipinski definition) is 3. The molecule has 0 bridgehead atoms. The van der Waals surface area contributed by atoms with Crippen LogP contribution in [-0.2, 0) is 14.8 Å². The summed E-state index contributed by atoms with van der Waals surface area (Å²) in [5.74, 6) is -2.81. The fourth-order valence-electron chi connectivity index (χ4n) is 2.37. The van der Waals surface area contributed by atoms with Crippen LogP contribution in [0, 0.1) is 25.5 Å². The van der Waals surface area contributed by atoms with Gasteiger partial charge in [0.25, 0.3) is 0 Å². The van der Waals surface area contributed by atoms with E-state index in [2.05, 4.69) is 5.32 Å². The molecule has 0 unspecified atom stereocenters. The smallest absolute Gasteiger partial charge is 0.245 e. The zero-order chi connectivity index (χ0) is 18.8. The summed E-state index contributed by atoms with van der Waals surface area (Å²) in [5, 5.41) is 2.36. The van der Waals surface area contributed by atoms with Gasteiger partial charge < -0.3 is 5.32 Å². The van der Waals surface area contributed by atoms with Crippen molar-refractivity contribution in [1.82, 2.24) is 0 Å². The maximum atomic E-state index is 13.2. The quantitative estimate of drug-likeness (QED) is 0.882. The van der Waals surface area contributed by atoms with E-state index in [-0.39, 0.29) is 5.69 Å². The lowest BCUT2D eigenvalue weighted by atomic mass is 10.1. The molecule has 0 saturated heterocycles. The van der Waals surface area contributed by atoms with Crippen molar-refractivity contribution in [2.75, 3.05) is 22.4 Å². The predicted molar refractivity (Wildman–Crippen MR) is 93.1 cm³/mol. The molecule has 134 valence electrons. The minimum Gasteiger partial charge on any atom is -0.324 e. The molecular weight excluding hydrogens is 350 g/mol. The number of benzene rings is 2. The summed E-state index contributed by atoms with van der Waals surface area (Å²) in [4.78, 5) is 12.2. The van der Waals surface area contributed by atoms with Gasteiger partial charge in [-0.15, -0.1) is 0 Å². The highest BCUT2D eigenvalue weighted by Crippen LogP contribution is 2.23. The summed E-state index contributed by atoms with van der Waals surface area (Å²) in [6.45, 7) is 3.13. The summed E-state index contributed by atoms with van der Waals surface area (Å²) < 4.78 is 51.3. The number of nitrogens with one attached hydrogen (secondary N) is 1. The molecule has 2 aromatic rings. The van der Waals surface area contributed by atoms with Crippen LogP contribution in [0.4, 0.5) is 20.2 Å². The lowest BCUT2D eigenvalue weighted by Crippen LogP contribution is -2.37. The van der Waals surface area contributed by atoms with Gasteiger partial charge in [0.2, 0.25) is 15.9 Å². The van der Waals surface area contributed by atoms with Crippen molar-refractivity contribution in [2.24, 2.45) is 0 Å². The number of nitrogens with zero attached hydrogens (tertiary/aromatic N) is 1. The number of anilines is 2. The van der Waals surface area contributed by atoms with Gasteiger partial charge in [0.1, 0.15) is 6.54 Å². The molecule has 0 heterocycles. The second kappa shape index (κ2) is 7.18. The van der Waals surface area contributed by atoms with Crippen molar-refractivity contribution >= 4 is 27.3 Å². The standard InChI is InChI=1S/C17H18F2N2O3S/c1-11-4-7-16(12(2)8-11)21(25(3,23)24)10-17(22)20-13-5-6-14(18)15(19)9-13/h4-9H,10H2,1-3H3,(H,20,22). The predicted octanol–water partition coefficient (Wildman–Crippen LogP) is 2.99. The molecule has 2 rings (SSSR count). The van der Waals surface area contributed by atoms with Crippen molar-refractivity contribution in [3.8, 4) is 0 Å². The van der Waals surface area contributed by atoms with Gasteiger partial charge in [-0.1, -0.05) is 17.7 Å². The topological polar surface area (TPSA) is 66.5 Å².